The number of para-hydroxylation sites is 2. The van der Waals surface area contributed by atoms with Gasteiger partial charge in [0.2, 0.25) is 0 Å². The number of anilines is 1. The Morgan fingerprint density at radius 1 is 1.23 bits per heavy atom. The van der Waals surface area contributed by atoms with E-state index in [9.17, 15) is 14.9 Å². The molecule has 0 aliphatic heterocycles. The number of carbonyl (C=O) groups is 1. The lowest BCUT2D eigenvalue weighted by Gasteiger charge is -2.02. The minimum atomic E-state index is -0.486. The molecule has 0 aromatic heterocycles. The summed E-state index contributed by atoms with van der Waals surface area (Å²) in [7, 11) is 1.52. The van der Waals surface area contributed by atoms with Crippen LogP contribution in [0.3, 0.4) is 0 Å². The quantitative estimate of drug-likeness (QED) is 0.382. The fraction of sp³-hybridized carbons (Fsp3) is 0.0625. The lowest BCUT2D eigenvalue weighted by Crippen LogP contribution is -1.98. The number of nitrogens with one attached hydrogen (secondary N) is 1. The van der Waals surface area contributed by atoms with Crippen molar-refractivity contribution < 1.29 is 14.5 Å². The summed E-state index contributed by atoms with van der Waals surface area (Å²) in [6, 6.07) is 13.0. The fourth-order valence-corrected chi connectivity index (χ4v) is 1.83. The van der Waals surface area contributed by atoms with Gasteiger partial charge in [0.1, 0.15) is 11.4 Å². The topological polar surface area (TPSA) is 81.5 Å². The summed E-state index contributed by atoms with van der Waals surface area (Å²) in [6.45, 7) is 0. The highest BCUT2D eigenvalue weighted by atomic mass is 16.6. The first-order chi connectivity index (χ1) is 10.6. The molecule has 0 amide bonds. The summed E-state index contributed by atoms with van der Waals surface area (Å²) >= 11 is 0. The number of benzene rings is 2. The van der Waals surface area contributed by atoms with Crippen molar-refractivity contribution in [3.8, 4) is 5.75 Å². The summed E-state index contributed by atoms with van der Waals surface area (Å²) < 4.78 is 5.05. The van der Waals surface area contributed by atoms with Gasteiger partial charge >= 0.3 is 0 Å². The molecule has 0 aliphatic rings. The predicted octanol–water partition coefficient (Wildman–Crippen LogP) is 3.41. The number of rotatable bonds is 6. The second kappa shape index (κ2) is 7.03. The highest BCUT2D eigenvalue weighted by Crippen LogP contribution is 2.23. The summed E-state index contributed by atoms with van der Waals surface area (Å²) in [5, 5.41) is 13.6. The van der Waals surface area contributed by atoms with Crippen LogP contribution in [-0.2, 0) is 0 Å². The number of hydrogen-bond donors (Lipinski definition) is 1. The highest BCUT2D eigenvalue weighted by Gasteiger charge is 2.10. The Kier molecular flexibility index (Phi) is 4.87. The smallest absolute Gasteiger partial charge is 0.292 e. The van der Waals surface area contributed by atoms with Crippen LogP contribution in [0.2, 0.25) is 0 Å². The second-order valence-electron chi connectivity index (χ2n) is 4.35. The zero-order valence-corrected chi connectivity index (χ0v) is 11.9. The zero-order chi connectivity index (χ0) is 15.9. The molecule has 6 nitrogen and oxygen atoms in total. The van der Waals surface area contributed by atoms with Gasteiger partial charge in [-0.25, -0.2) is 0 Å². The first-order valence-electron chi connectivity index (χ1n) is 6.46. The van der Waals surface area contributed by atoms with E-state index in [1.54, 1.807) is 42.5 Å². The molecule has 112 valence electrons. The molecule has 0 radical (unpaired) electrons. The number of allylic oxidation sites excluding steroid dienone is 1. The highest BCUT2D eigenvalue weighted by molar-refractivity contribution is 6.04. The third-order valence-electron chi connectivity index (χ3n) is 2.93. The first-order valence-corrected chi connectivity index (χ1v) is 6.46. The zero-order valence-electron chi connectivity index (χ0n) is 11.9. The van der Waals surface area contributed by atoms with Crippen molar-refractivity contribution in [3.05, 3.63) is 76.5 Å². The molecular formula is C16H14N2O4. The maximum absolute atomic E-state index is 12.0. The van der Waals surface area contributed by atoms with Crippen LogP contribution in [-0.4, -0.2) is 17.8 Å². The molecule has 2 rings (SSSR count). The van der Waals surface area contributed by atoms with Gasteiger partial charge in [-0.2, -0.15) is 0 Å². The van der Waals surface area contributed by atoms with E-state index in [2.05, 4.69) is 5.32 Å². The van der Waals surface area contributed by atoms with Gasteiger partial charge in [-0.15, -0.1) is 0 Å². The van der Waals surface area contributed by atoms with Crippen LogP contribution in [0.4, 0.5) is 11.4 Å². The molecule has 2 aromatic rings. The Morgan fingerprint density at radius 2 is 2.00 bits per heavy atom. The Balaban J connectivity index is 2.09. The maximum Gasteiger partial charge on any atom is 0.292 e. The lowest BCUT2D eigenvalue weighted by molar-refractivity contribution is -0.383. The van der Waals surface area contributed by atoms with Gasteiger partial charge < -0.3 is 10.1 Å². The molecule has 0 heterocycles. The molecule has 0 saturated heterocycles. The van der Waals surface area contributed by atoms with Crippen molar-refractivity contribution >= 4 is 17.2 Å². The number of hydrogen-bond acceptors (Lipinski definition) is 5. The van der Waals surface area contributed by atoms with E-state index < -0.39 is 4.92 Å². The molecule has 0 spiro atoms. The Labute approximate surface area is 127 Å². The number of nitro groups is 1. The predicted molar refractivity (Wildman–Crippen MR) is 83.2 cm³/mol. The molecule has 2 aromatic carbocycles. The molecule has 0 fully saturated rings. The number of methoxy groups -OCH3 is 1. The Bertz CT molecular complexity index is 726. The first kappa shape index (κ1) is 15.2. The number of carbonyl (C=O) groups excluding carboxylic acids is 1. The molecule has 0 atom stereocenters. The van der Waals surface area contributed by atoms with Crippen LogP contribution in [0, 0.1) is 10.1 Å². The SMILES string of the molecule is COc1cccc(C(=O)/C=C\Nc2ccccc2[N+](=O)[O-])c1. The van der Waals surface area contributed by atoms with Crippen LogP contribution in [0.1, 0.15) is 10.4 Å². The van der Waals surface area contributed by atoms with Gasteiger partial charge in [0.05, 0.1) is 12.0 Å². The molecule has 0 bridgehead atoms. The van der Waals surface area contributed by atoms with Gasteiger partial charge in [0, 0.05) is 23.9 Å². The van der Waals surface area contributed by atoms with Crippen molar-refractivity contribution in [2.75, 3.05) is 12.4 Å². The molecule has 0 unspecified atom stereocenters. The van der Waals surface area contributed by atoms with Gasteiger partial charge in [-0.05, 0) is 18.2 Å². The van der Waals surface area contributed by atoms with E-state index in [1.165, 1.54) is 25.5 Å². The van der Waals surface area contributed by atoms with Gasteiger partial charge in [0.25, 0.3) is 5.69 Å². The average molecular weight is 298 g/mol. The van der Waals surface area contributed by atoms with Crippen LogP contribution < -0.4 is 10.1 Å². The second-order valence-corrected chi connectivity index (χ2v) is 4.35. The van der Waals surface area contributed by atoms with Crippen molar-refractivity contribution in [1.82, 2.24) is 0 Å². The number of ether oxygens (including phenoxy) is 1. The summed E-state index contributed by atoms with van der Waals surface area (Å²) in [5.41, 5.74) is 0.739. The minimum absolute atomic E-state index is 0.0546. The number of ketones is 1. The Hall–Kier alpha value is -3.15. The number of nitrogens with zero attached hydrogens (tertiary/aromatic N) is 1. The Morgan fingerprint density at radius 3 is 2.73 bits per heavy atom. The molecular weight excluding hydrogens is 284 g/mol. The largest absolute Gasteiger partial charge is 0.497 e. The van der Waals surface area contributed by atoms with E-state index in [1.807, 2.05) is 0 Å². The van der Waals surface area contributed by atoms with E-state index in [4.69, 9.17) is 4.74 Å². The van der Waals surface area contributed by atoms with Crippen molar-refractivity contribution in [2.24, 2.45) is 0 Å². The summed E-state index contributed by atoms with van der Waals surface area (Å²) in [6.07, 6.45) is 2.69. The lowest BCUT2D eigenvalue weighted by atomic mass is 10.1. The van der Waals surface area contributed by atoms with E-state index in [0.29, 0.717) is 17.0 Å². The number of nitro benzene ring substituents is 1. The monoisotopic (exact) mass is 298 g/mol. The van der Waals surface area contributed by atoms with Gasteiger partial charge in [-0.1, -0.05) is 24.3 Å². The van der Waals surface area contributed by atoms with Crippen molar-refractivity contribution in [2.45, 2.75) is 0 Å². The maximum atomic E-state index is 12.0. The van der Waals surface area contributed by atoms with Crippen molar-refractivity contribution in [1.29, 1.82) is 0 Å². The molecule has 6 heteroatoms. The molecule has 0 aliphatic carbocycles. The van der Waals surface area contributed by atoms with Crippen LogP contribution in [0.25, 0.3) is 0 Å². The van der Waals surface area contributed by atoms with Crippen LogP contribution in [0.15, 0.2) is 60.8 Å². The summed E-state index contributed by atoms with van der Waals surface area (Å²) in [4.78, 5) is 22.4. The third-order valence-corrected chi connectivity index (χ3v) is 2.93. The molecule has 1 N–H and O–H groups in total. The van der Waals surface area contributed by atoms with E-state index in [0.717, 1.165) is 0 Å². The van der Waals surface area contributed by atoms with Gasteiger partial charge in [0.15, 0.2) is 5.78 Å². The van der Waals surface area contributed by atoms with E-state index in [-0.39, 0.29) is 11.5 Å². The third kappa shape index (κ3) is 3.69. The average Bonchev–Trinajstić information content (AvgIpc) is 2.55. The fourth-order valence-electron chi connectivity index (χ4n) is 1.83. The normalized spacial score (nSPS) is 10.4. The van der Waals surface area contributed by atoms with Gasteiger partial charge in [-0.3, -0.25) is 14.9 Å². The summed E-state index contributed by atoms with van der Waals surface area (Å²) in [5.74, 6) is 0.357. The van der Waals surface area contributed by atoms with E-state index >= 15 is 0 Å². The van der Waals surface area contributed by atoms with Crippen LogP contribution >= 0.6 is 0 Å². The molecule has 22 heavy (non-hydrogen) atoms. The van der Waals surface area contributed by atoms with Crippen molar-refractivity contribution in [3.63, 3.8) is 0 Å². The standard InChI is InChI=1S/C16H14N2O4/c1-22-13-6-4-5-12(11-13)16(19)9-10-17-14-7-2-3-8-15(14)18(20)21/h2-11,17H,1H3/b10-9-. The molecule has 0 saturated carbocycles. The van der Waals surface area contributed by atoms with Crippen LogP contribution in [0.5, 0.6) is 5.75 Å². The minimum Gasteiger partial charge on any atom is -0.497 e.